The molecule has 1 aliphatic rings. The van der Waals surface area contributed by atoms with Crippen LogP contribution in [-0.4, -0.2) is 58.7 Å². The fraction of sp³-hybridized carbons (Fsp3) is 0.375. The van der Waals surface area contributed by atoms with Crippen molar-refractivity contribution in [2.45, 2.75) is 32.6 Å². The molecule has 0 spiro atoms. The second-order valence-electron chi connectivity index (χ2n) is 8.11. The summed E-state index contributed by atoms with van der Waals surface area (Å²) in [6, 6.07) is 7.39. The van der Waals surface area contributed by atoms with Crippen molar-refractivity contribution in [2.24, 2.45) is 0 Å². The number of carbonyl (C=O) groups excluding carboxylic acids is 1. The summed E-state index contributed by atoms with van der Waals surface area (Å²) in [4.78, 5) is 22.6. The summed E-state index contributed by atoms with van der Waals surface area (Å²) in [7, 11) is 1.75. The summed E-state index contributed by atoms with van der Waals surface area (Å²) >= 11 is 0. The number of pyridine rings is 1. The number of nitrogens with one attached hydrogen (secondary N) is 2. The summed E-state index contributed by atoms with van der Waals surface area (Å²) in [6.45, 7) is 4.68. The maximum absolute atomic E-state index is 12.4. The van der Waals surface area contributed by atoms with E-state index in [1.165, 1.54) is 17.5 Å². The Morgan fingerprint density at radius 2 is 2.24 bits per heavy atom. The molecule has 0 fully saturated rings. The lowest BCUT2D eigenvalue weighted by molar-refractivity contribution is 0.0841. The molecule has 33 heavy (non-hydrogen) atoms. The Balaban J connectivity index is 1.28. The smallest absolute Gasteiger partial charge is 0.251 e. The Morgan fingerprint density at radius 1 is 1.36 bits per heavy atom. The van der Waals surface area contributed by atoms with E-state index >= 15 is 0 Å². The van der Waals surface area contributed by atoms with Crippen LogP contribution in [0.25, 0.3) is 0 Å². The molecule has 1 aliphatic heterocycles. The Labute approximate surface area is 192 Å². The average Bonchev–Trinajstić information content (AvgIpc) is 3.36. The highest BCUT2D eigenvalue weighted by molar-refractivity contribution is 5.94. The molecule has 1 aromatic carbocycles. The molecule has 0 radical (unpaired) electrons. The van der Waals surface area contributed by atoms with Crippen LogP contribution in [0.1, 0.15) is 32.8 Å². The molecule has 1 amide bonds. The van der Waals surface area contributed by atoms with E-state index in [0.29, 0.717) is 30.3 Å². The van der Waals surface area contributed by atoms with E-state index in [0.717, 1.165) is 30.8 Å². The van der Waals surface area contributed by atoms with Gasteiger partial charge in [0.2, 0.25) is 0 Å². The molecular formula is C24H29N5O4. The van der Waals surface area contributed by atoms with E-state index in [1.807, 2.05) is 6.07 Å². The largest absolute Gasteiger partial charge is 0.485 e. The lowest BCUT2D eigenvalue weighted by Gasteiger charge is -2.31. The highest BCUT2D eigenvalue weighted by Crippen LogP contribution is 2.29. The number of hydrogen-bond acceptors (Lipinski definition) is 8. The minimum atomic E-state index is -0.660. The molecule has 3 aromatic rings. The Bertz CT molecular complexity index is 1090. The fourth-order valence-electron chi connectivity index (χ4n) is 4.04. The molecule has 174 valence electrons. The SMILES string of the molecule is CNc1cc(C(=O)NC[C@H](O)CN2CCc3c(ccc(OCc4cnco4)c3C)C2)ccn1. The van der Waals surface area contributed by atoms with Gasteiger partial charge in [-0.05, 0) is 48.2 Å². The summed E-state index contributed by atoms with van der Waals surface area (Å²) in [6.07, 6.45) is 4.84. The van der Waals surface area contributed by atoms with E-state index in [2.05, 4.69) is 38.5 Å². The summed E-state index contributed by atoms with van der Waals surface area (Å²) in [5, 5.41) is 16.2. The Hall–Kier alpha value is -3.43. The number of oxazole rings is 1. The van der Waals surface area contributed by atoms with Crippen LogP contribution in [0.5, 0.6) is 5.75 Å². The van der Waals surface area contributed by atoms with Crippen LogP contribution in [0.2, 0.25) is 0 Å². The zero-order chi connectivity index (χ0) is 23.2. The first-order chi connectivity index (χ1) is 16.0. The van der Waals surface area contributed by atoms with Crippen LogP contribution in [0.15, 0.2) is 47.5 Å². The highest BCUT2D eigenvalue weighted by atomic mass is 16.5. The normalized spacial score (nSPS) is 14.4. The zero-order valence-electron chi connectivity index (χ0n) is 18.9. The molecule has 1 atom stereocenters. The number of aliphatic hydroxyl groups excluding tert-OH is 1. The summed E-state index contributed by atoms with van der Waals surface area (Å²) in [5.74, 6) is 1.92. The molecule has 3 N–H and O–H groups in total. The van der Waals surface area contributed by atoms with Crippen molar-refractivity contribution in [1.82, 2.24) is 20.2 Å². The van der Waals surface area contributed by atoms with E-state index in [4.69, 9.17) is 9.15 Å². The van der Waals surface area contributed by atoms with E-state index in [-0.39, 0.29) is 12.5 Å². The van der Waals surface area contributed by atoms with Gasteiger partial charge in [0.15, 0.2) is 12.2 Å². The predicted octanol–water partition coefficient (Wildman–Crippen LogP) is 2.15. The number of aliphatic hydroxyl groups is 1. The van der Waals surface area contributed by atoms with Gasteiger partial charge in [-0.1, -0.05) is 6.07 Å². The highest BCUT2D eigenvalue weighted by Gasteiger charge is 2.22. The molecule has 9 heteroatoms. The number of anilines is 1. The van der Waals surface area contributed by atoms with Crippen LogP contribution in [-0.2, 0) is 19.6 Å². The minimum Gasteiger partial charge on any atom is -0.485 e. The van der Waals surface area contributed by atoms with E-state index < -0.39 is 6.10 Å². The van der Waals surface area contributed by atoms with Gasteiger partial charge in [0.05, 0.1) is 12.3 Å². The number of carbonyl (C=O) groups is 1. The van der Waals surface area contributed by atoms with Crippen molar-refractivity contribution in [3.8, 4) is 5.75 Å². The Kier molecular flexibility index (Phi) is 7.21. The third-order valence-electron chi connectivity index (χ3n) is 5.82. The van der Waals surface area contributed by atoms with Crippen LogP contribution < -0.4 is 15.4 Å². The summed E-state index contributed by atoms with van der Waals surface area (Å²) < 4.78 is 11.1. The number of β-amino-alcohol motifs (C(OH)–C–C–N with tert-alkyl or cyclic N) is 1. The molecule has 0 bridgehead atoms. The van der Waals surface area contributed by atoms with Crippen LogP contribution in [0.4, 0.5) is 5.82 Å². The number of hydrogen-bond donors (Lipinski definition) is 3. The van der Waals surface area contributed by atoms with E-state index in [1.54, 1.807) is 31.6 Å². The van der Waals surface area contributed by atoms with Gasteiger partial charge < -0.3 is 24.9 Å². The Morgan fingerprint density at radius 3 is 3.03 bits per heavy atom. The molecule has 0 saturated carbocycles. The number of fused-ring (bicyclic) bond motifs is 1. The number of nitrogens with zero attached hydrogens (tertiary/aromatic N) is 3. The first-order valence-electron chi connectivity index (χ1n) is 11.0. The van der Waals surface area contributed by atoms with Gasteiger partial charge in [0.25, 0.3) is 5.91 Å². The van der Waals surface area contributed by atoms with Gasteiger partial charge in [-0.3, -0.25) is 9.69 Å². The standard InChI is InChI=1S/C24H29N5O4/c1-16-21-6-8-29(12-18(21)3-4-22(16)32-14-20-11-26-15-33-20)13-19(30)10-28-24(31)17-5-7-27-23(9-17)25-2/h3-5,7,9,11,15,19,30H,6,8,10,12-14H2,1-2H3,(H,25,27)(H,28,31)/t19-/m0/s1. The topological polar surface area (TPSA) is 113 Å². The van der Waals surface area contributed by atoms with Crippen molar-refractivity contribution in [3.63, 3.8) is 0 Å². The average molecular weight is 452 g/mol. The third-order valence-corrected chi connectivity index (χ3v) is 5.82. The van der Waals surface area contributed by atoms with Crippen molar-refractivity contribution < 1.29 is 19.1 Å². The predicted molar refractivity (Wildman–Crippen MR) is 123 cm³/mol. The molecule has 0 unspecified atom stereocenters. The number of amides is 1. The van der Waals surface area contributed by atoms with Gasteiger partial charge in [-0.25, -0.2) is 9.97 Å². The molecule has 9 nitrogen and oxygen atoms in total. The van der Waals surface area contributed by atoms with Gasteiger partial charge in [0.1, 0.15) is 18.2 Å². The minimum absolute atomic E-state index is 0.187. The third kappa shape index (κ3) is 5.68. The van der Waals surface area contributed by atoms with Crippen molar-refractivity contribution in [2.75, 3.05) is 32.0 Å². The van der Waals surface area contributed by atoms with Crippen molar-refractivity contribution in [1.29, 1.82) is 0 Å². The lowest BCUT2D eigenvalue weighted by atomic mass is 9.94. The maximum Gasteiger partial charge on any atom is 0.251 e. The number of rotatable bonds is 9. The molecule has 0 saturated heterocycles. The van der Waals surface area contributed by atoms with Gasteiger partial charge in [0, 0.05) is 45.0 Å². The van der Waals surface area contributed by atoms with Crippen LogP contribution >= 0.6 is 0 Å². The van der Waals surface area contributed by atoms with Crippen LogP contribution in [0.3, 0.4) is 0 Å². The second-order valence-corrected chi connectivity index (χ2v) is 8.11. The molecule has 2 aromatic heterocycles. The quantitative estimate of drug-likeness (QED) is 0.454. The number of benzene rings is 1. The summed E-state index contributed by atoms with van der Waals surface area (Å²) in [5.41, 5.74) is 4.17. The zero-order valence-corrected chi connectivity index (χ0v) is 18.9. The first kappa shape index (κ1) is 22.8. The maximum atomic E-state index is 12.4. The lowest BCUT2D eigenvalue weighted by Crippen LogP contribution is -2.42. The monoisotopic (exact) mass is 451 g/mol. The van der Waals surface area contributed by atoms with Crippen molar-refractivity contribution in [3.05, 3.63) is 71.1 Å². The van der Waals surface area contributed by atoms with Gasteiger partial charge in [-0.2, -0.15) is 0 Å². The fourth-order valence-corrected chi connectivity index (χ4v) is 4.04. The molecular weight excluding hydrogens is 422 g/mol. The van der Waals surface area contributed by atoms with Gasteiger partial charge in [-0.15, -0.1) is 0 Å². The van der Waals surface area contributed by atoms with Crippen LogP contribution in [0, 0.1) is 6.92 Å². The molecule has 0 aliphatic carbocycles. The number of ether oxygens (including phenoxy) is 1. The van der Waals surface area contributed by atoms with E-state index in [9.17, 15) is 9.90 Å². The van der Waals surface area contributed by atoms with Gasteiger partial charge >= 0.3 is 0 Å². The second kappa shape index (κ2) is 10.5. The first-order valence-corrected chi connectivity index (χ1v) is 11.0. The van der Waals surface area contributed by atoms with Crippen molar-refractivity contribution >= 4 is 11.7 Å². The number of aromatic nitrogens is 2. The molecule has 4 rings (SSSR count). The molecule has 3 heterocycles.